The number of aryl methyl sites for hydroxylation is 1. The van der Waals surface area contributed by atoms with Crippen molar-refractivity contribution in [2.45, 2.75) is 51.1 Å². The van der Waals surface area contributed by atoms with E-state index in [1.807, 2.05) is 13.0 Å². The Labute approximate surface area is 113 Å². The van der Waals surface area contributed by atoms with E-state index in [1.54, 1.807) is 0 Å². The van der Waals surface area contributed by atoms with Crippen molar-refractivity contribution in [1.82, 2.24) is 5.32 Å². The third-order valence-corrected chi connectivity index (χ3v) is 4.41. The van der Waals surface area contributed by atoms with E-state index in [0.717, 1.165) is 18.4 Å². The molecule has 1 N–H and O–H groups in total. The van der Waals surface area contributed by atoms with Crippen LogP contribution in [0.25, 0.3) is 0 Å². The molecule has 2 unspecified atom stereocenters. The monoisotopic (exact) mass is 261 g/mol. The Kier molecular flexibility index (Phi) is 3.40. The predicted molar refractivity (Wildman–Crippen MR) is 72.8 cm³/mol. The Bertz CT molecular complexity index is 467. The Morgan fingerprint density at radius 2 is 1.89 bits per heavy atom. The summed E-state index contributed by atoms with van der Waals surface area (Å²) in [7, 11) is 0. The van der Waals surface area contributed by atoms with Crippen LogP contribution >= 0.6 is 0 Å². The van der Waals surface area contributed by atoms with E-state index in [2.05, 4.69) is 5.32 Å². The average molecular weight is 261 g/mol. The first kappa shape index (κ1) is 12.8. The zero-order valence-electron chi connectivity index (χ0n) is 11.3. The van der Waals surface area contributed by atoms with Crippen LogP contribution < -0.4 is 5.32 Å². The van der Waals surface area contributed by atoms with Gasteiger partial charge in [0, 0.05) is 23.6 Å². The lowest BCUT2D eigenvalue weighted by Gasteiger charge is -2.39. The molecule has 2 nitrogen and oxygen atoms in total. The van der Waals surface area contributed by atoms with Crippen LogP contribution in [0.5, 0.6) is 0 Å². The third-order valence-electron chi connectivity index (χ3n) is 4.41. The molecule has 2 saturated heterocycles. The lowest BCUT2D eigenvalue weighted by Crippen LogP contribution is -2.50. The molecular weight excluding hydrogens is 241 g/mol. The number of nitrogens with one attached hydrogen (secondary N) is 1. The summed E-state index contributed by atoms with van der Waals surface area (Å²) in [4.78, 5) is 12.5. The topological polar surface area (TPSA) is 29.1 Å². The second-order valence-electron chi connectivity index (χ2n) is 6.04. The minimum Gasteiger partial charge on any atom is -0.311 e. The molecule has 2 fully saturated rings. The Morgan fingerprint density at radius 3 is 2.53 bits per heavy atom. The summed E-state index contributed by atoms with van der Waals surface area (Å²) in [6, 6.07) is 5.62. The second-order valence-corrected chi connectivity index (χ2v) is 6.04. The van der Waals surface area contributed by atoms with E-state index >= 15 is 0 Å². The molecule has 2 atom stereocenters. The van der Waals surface area contributed by atoms with Crippen molar-refractivity contribution in [2.75, 3.05) is 0 Å². The molecule has 0 spiro atoms. The van der Waals surface area contributed by atoms with E-state index in [1.165, 1.54) is 31.4 Å². The number of halogens is 1. The van der Waals surface area contributed by atoms with Crippen LogP contribution in [0, 0.1) is 18.7 Å². The number of rotatable bonds is 2. The molecule has 3 rings (SSSR count). The van der Waals surface area contributed by atoms with E-state index in [9.17, 15) is 9.18 Å². The lowest BCUT2D eigenvalue weighted by atomic mass is 9.77. The van der Waals surface area contributed by atoms with Crippen LogP contribution in [0.1, 0.15) is 48.0 Å². The van der Waals surface area contributed by atoms with Gasteiger partial charge >= 0.3 is 0 Å². The van der Waals surface area contributed by atoms with Crippen molar-refractivity contribution >= 4 is 5.78 Å². The highest BCUT2D eigenvalue weighted by Crippen LogP contribution is 2.31. The normalized spacial score (nSPS) is 30.1. The Morgan fingerprint density at radius 1 is 1.21 bits per heavy atom. The Balaban J connectivity index is 1.79. The van der Waals surface area contributed by atoms with Crippen molar-refractivity contribution in [3.63, 3.8) is 0 Å². The third kappa shape index (κ3) is 2.71. The van der Waals surface area contributed by atoms with Crippen LogP contribution in [-0.4, -0.2) is 17.9 Å². The first-order chi connectivity index (χ1) is 9.11. The zero-order chi connectivity index (χ0) is 13.4. The largest absolute Gasteiger partial charge is 0.311 e. The molecule has 0 saturated carbocycles. The molecule has 2 bridgehead atoms. The van der Waals surface area contributed by atoms with Gasteiger partial charge in [-0.25, -0.2) is 4.39 Å². The van der Waals surface area contributed by atoms with Gasteiger partial charge in [-0.3, -0.25) is 4.79 Å². The minimum absolute atomic E-state index is 0.0674. The number of carbonyl (C=O) groups is 1. The highest BCUT2D eigenvalue weighted by molar-refractivity contribution is 5.98. The van der Waals surface area contributed by atoms with E-state index in [4.69, 9.17) is 0 Å². The summed E-state index contributed by atoms with van der Waals surface area (Å²) in [5.41, 5.74) is 1.36. The minimum atomic E-state index is -0.308. The molecule has 0 amide bonds. The number of piperidine rings is 2. The summed E-state index contributed by atoms with van der Waals surface area (Å²) in [5.74, 6) is -0.115. The van der Waals surface area contributed by atoms with Gasteiger partial charge in [0.2, 0.25) is 0 Å². The quantitative estimate of drug-likeness (QED) is 0.828. The smallest absolute Gasteiger partial charge is 0.166 e. The van der Waals surface area contributed by atoms with Crippen LogP contribution in [-0.2, 0) is 0 Å². The molecule has 1 aromatic rings. The summed E-state index contributed by atoms with van der Waals surface area (Å²) in [5, 5.41) is 3.59. The number of ketones is 1. The molecule has 1 aromatic carbocycles. The Hall–Kier alpha value is -1.22. The zero-order valence-corrected chi connectivity index (χ0v) is 11.3. The van der Waals surface area contributed by atoms with Crippen molar-refractivity contribution in [3.8, 4) is 0 Å². The first-order valence-electron chi connectivity index (χ1n) is 7.19. The summed E-state index contributed by atoms with van der Waals surface area (Å²) in [6.45, 7) is 1.83. The molecule has 102 valence electrons. The molecule has 2 aliphatic rings. The fourth-order valence-corrected chi connectivity index (χ4v) is 3.59. The standard InChI is InChI=1S/C16H20FNO/c1-10-5-11(7-13(17)6-10)16(19)12-8-14-3-2-4-15(9-12)18-14/h5-7,12,14-15,18H,2-4,8-9H2,1H3. The van der Waals surface area contributed by atoms with Gasteiger partial charge in [-0.1, -0.05) is 6.42 Å². The molecule has 0 radical (unpaired) electrons. The average Bonchev–Trinajstić information content (AvgIpc) is 2.36. The maximum absolute atomic E-state index is 13.4. The second kappa shape index (κ2) is 5.04. The van der Waals surface area contributed by atoms with Gasteiger partial charge in [-0.05, 0) is 56.4 Å². The van der Waals surface area contributed by atoms with Crippen molar-refractivity contribution in [3.05, 3.63) is 35.1 Å². The van der Waals surface area contributed by atoms with E-state index in [0.29, 0.717) is 17.6 Å². The number of hydrogen-bond acceptors (Lipinski definition) is 2. The van der Waals surface area contributed by atoms with Crippen LogP contribution in [0.3, 0.4) is 0 Å². The number of hydrogen-bond donors (Lipinski definition) is 1. The molecule has 2 aliphatic heterocycles. The fourth-order valence-electron chi connectivity index (χ4n) is 3.59. The van der Waals surface area contributed by atoms with Crippen LogP contribution in [0.2, 0.25) is 0 Å². The lowest BCUT2D eigenvalue weighted by molar-refractivity contribution is 0.0824. The number of Topliss-reactive ketones (excluding diaryl/α,β-unsaturated/α-hetero) is 1. The van der Waals surface area contributed by atoms with Gasteiger partial charge in [0.05, 0.1) is 0 Å². The van der Waals surface area contributed by atoms with Gasteiger partial charge < -0.3 is 5.32 Å². The molecule has 0 aromatic heterocycles. The van der Waals surface area contributed by atoms with Crippen LogP contribution in [0.4, 0.5) is 4.39 Å². The predicted octanol–water partition coefficient (Wildman–Crippen LogP) is 3.24. The first-order valence-corrected chi connectivity index (χ1v) is 7.19. The molecular formula is C16H20FNO. The molecule has 0 aliphatic carbocycles. The van der Waals surface area contributed by atoms with Crippen molar-refractivity contribution < 1.29 is 9.18 Å². The van der Waals surface area contributed by atoms with Crippen LogP contribution in [0.15, 0.2) is 18.2 Å². The molecule has 19 heavy (non-hydrogen) atoms. The van der Waals surface area contributed by atoms with E-state index in [-0.39, 0.29) is 17.5 Å². The van der Waals surface area contributed by atoms with Gasteiger partial charge in [0.15, 0.2) is 5.78 Å². The summed E-state index contributed by atoms with van der Waals surface area (Å²) < 4.78 is 13.4. The van der Waals surface area contributed by atoms with Gasteiger partial charge in [0.25, 0.3) is 0 Å². The maximum atomic E-state index is 13.4. The summed E-state index contributed by atoms with van der Waals surface area (Å²) in [6.07, 6.45) is 5.42. The number of benzene rings is 1. The maximum Gasteiger partial charge on any atom is 0.166 e. The molecule has 2 heterocycles. The molecule has 3 heteroatoms. The van der Waals surface area contributed by atoms with Gasteiger partial charge in [-0.15, -0.1) is 0 Å². The van der Waals surface area contributed by atoms with Gasteiger partial charge in [0.1, 0.15) is 5.82 Å². The fraction of sp³-hybridized carbons (Fsp3) is 0.562. The number of fused-ring (bicyclic) bond motifs is 2. The SMILES string of the molecule is Cc1cc(F)cc(C(=O)C2CC3CCCC(C2)N3)c1. The highest BCUT2D eigenvalue weighted by Gasteiger charge is 2.34. The van der Waals surface area contributed by atoms with Gasteiger partial charge in [-0.2, -0.15) is 0 Å². The summed E-state index contributed by atoms with van der Waals surface area (Å²) >= 11 is 0. The van der Waals surface area contributed by atoms with E-state index < -0.39 is 0 Å². The highest BCUT2D eigenvalue weighted by atomic mass is 19.1. The van der Waals surface area contributed by atoms with Crippen molar-refractivity contribution in [2.24, 2.45) is 5.92 Å². The van der Waals surface area contributed by atoms with Crippen molar-refractivity contribution in [1.29, 1.82) is 0 Å². The number of carbonyl (C=O) groups excluding carboxylic acids is 1.